The van der Waals surface area contributed by atoms with Crippen LogP contribution in [0.2, 0.25) is 0 Å². The van der Waals surface area contributed by atoms with Gasteiger partial charge in [-0.2, -0.15) is 0 Å². The third-order valence-corrected chi connectivity index (χ3v) is 6.23. The summed E-state index contributed by atoms with van der Waals surface area (Å²) in [6.45, 7) is 0.794. The molecule has 26 heavy (non-hydrogen) atoms. The number of thiophene rings is 1. The summed E-state index contributed by atoms with van der Waals surface area (Å²) in [7, 11) is 1.65. The van der Waals surface area contributed by atoms with Gasteiger partial charge in [-0.25, -0.2) is 0 Å². The lowest BCUT2D eigenvalue weighted by Crippen LogP contribution is -2.38. The maximum Gasteiger partial charge on any atom is 0.320 e. The molecule has 1 aliphatic rings. The van der Waals surface area contributed by atoms with Gasteiger partial charge >= 0.3 is 5.97 Å². The van der Waals surface area contributed by atoms with Crippen molar-refractivity contribution in [2.75, 3.05) is 13.7 Å². The van der Waals surface area contributed by atoms with E-state index in [1.54, 1.807) is 18.4 Å². The van der Waals surface area contributed by atoms with Crippen molar-refractivity contribution in [3.63, 3.8) is 0 Å². The molecule has 2 heterocycles. The quantitative estimate of drug-likeness (QED) is 0.719. The molecule has 0 aliphatic carbocycles. The number of aliphatic carboxylic acids is 1. The Morgan fingerprint density at radius 2 is 2.00 bits per heavy atom. The lowest BCUT2D eigenvalue weighted by atomic mass is 10.0. The van der Waals surface area contributed by atoms with Crippen molar-refractivity contribution in [2.24, 2.45) is 0 Å². The van der Waals surface area contributed by atoms with Gasteiger partial charge in [0.15, 0.2) is 0 Å². The number of carboxylic acids is 1. The number of ether oxygens (including phenoxy) is 1. The van der Waals surface area contributed by atoms with Gasteiger partial charge in [-0.3, -0.25) is 9.69 Å². The Morgan fingerprint density at radius 3 is 2.69 bits per heavy atom. The predicted octanol–water partition coefficient (Wildman–Crippen LogP) is 4.55. The zero-order chi connectivity index (χ0) is 18.1. The zero-order valence-corrected chi connectivity index (χ0v) is 15.4. The molecule has 3 aromatic rings. The van der Waals surface area contributed by atoms with Crippen LogP contribution in [0, 0.1) is 0 Å². The van der Waals surface area contributed by atoms with Gasteiger partial charge in [0.25, 0.3) is 0 Å². The highest BCUT2D eigenvalue weighted by atomic mass is 32.1. The summed E-state index contributed by atoms with van der Waals surface area (Å²) in [4.78, 5) is 15.1. The SMILES string of the molecule is COc1ccc(C(c2cc3ccccc3s2)N2CCCC2C(=O)O)cc1. The summed E-state index contributed by atoms with van der Waals surface area (Å²) in [5.74, 6) is 0.0715. The van der Waals surface area contributed by atoms with E-state index in [4.69, 9.17) is 4.74 Å². The smallest absolute Gasteiger partial charge is 0.320 e. The third-order valence-electron chi connectivity index (χ3n) is 5.06. The van der Waals surface area contributed by atoms with E-state index in [0.717, 1.165) is 24.3 Å². The second kappa shape index (κ2) is 7.09. The molecular formula is C21H21NO3S. The van der Waals surface area contributed by atoms with Crippen molar-refractivity contribution in [1.82, 2.24) is 4.90 Å². The molecule has 4 rings (SSSR count). The highest BCUT2D eigenvalue weighted by molar-refractivity contribution is 7.19. The number of nitrogens with zero attached hydrogens (tertiary/aromatic N) is 1. The first-order valence-corrected chi connectivity index (χ1v) is 9.60. The first-order chi connectivity index (χ1) is 12.7. The van der Waals surface area contributed by atoms with Gasteiger partial charge in [0.1, 0.15) is 11.8 Å². The van der Waals surface area contributed by atoms with Crippen LogP contribution < -0.4 is 4.74 Å². The number of likely N-dealkylation sites (tertiary alicyclic amines) is 1. The minimum Gasteiger partial charge on any atom is -0.497 e. The summed E-state index contributed by atoms with van der Waals surface area (Å²) < 4.78 is 6.51. The van der Waals surface area contributed by atoms with E-state index in [2.05, 4.69) is 23.1 Å². The van der Waals surface area contributed by atoms with E-state index in [-0.39, 0.29) is 6.04 Å². The van der Waals surface area contributed by atoms with Crippen molar-refractivity contribution in [3.8, 4) is 5.75 Å². The van der Waals surface area contributed by atoms with E-state index in [1.165, 1.54) is 15.0 Å². The average Bonchev–Trinajstić information content (AvgIpc) is 3.29. The first kappa shape index (κ1) is 17.1. The van der Waals surface area contributed by atoms with E-state index in [1.807, 2.05) is 36.4 Å². The molecule has 2 atom stereocenters. The predicted molar refractivity (Wildman–Crippen MR) is 104 cm³/mol. The zero-order valence-electron chi connectivity index (χ0n) is 14.6. The summed E-state index contributed by atoms with van der Waals surface area (Å²) in [6, 6.07) is 18.0. The highest BCUT2D eigenvalue weighted by Crippen LogP contribution is 2.40. The van der Waals surface area contributed by atoms with Crippen LogP contribution in [0.15, 0.2) is 54.6 Å². The lowest BCUT2D eigenvalue weighted by molar-refractivity contribution is -0.142. The second-order valence-corrected chi connectivity index (χ2v) is 7.71. The molecule has 1 aliphatic heterocycles. The Balaban J connectivity index is 1.81. The fourth-order valence-corrected chi connectivity index (χ4v) is 5.02. The maximum absolute atomic E-state index is 11.8. The fourth-order valence-electron chi connectivity index (χ4n) is 3.81. The van der Waals surface area contributed by atoms with Gasteiger partial charge in [0.2, 0.25) is 0 Å². The number of carboxylic acid groups (broad SMARTS) is 1. The van der Waals surface area contributed by atoms with Crippen LogP contribution >= 0.6 is 11.3 Å². The van der Waals surface area contributed by atoms with E-state index >= 15 is 0 Å². The number of benzene rings is 2. The molecule has 2 aromatic carbocycles. The normalized spacial score (nSPS) is 18.9. The number of rotatable bonds is 5. The van der Waals surface area contributed by atoms with Crippen LogP contribution in [-0.2, 0) is 4.79 Å². The molecular weight excluding hydrogens is 346 g/mol. The van der Waals surface area contributed by atoms with Crippen molar-refractivity contribution in [1.29, 1.82) is 0 Å². The molecule has 1 N–H and O–H groups in total. The molecule has 2 unspecified atom stereocenters. The Kier molecular flexibility index (Phi) is 4.66. The average molecular weight is 367 g/mol. The number of hydrogen-bond acceptors (Lipinski definition) is 4. The minimum atomic E-state index is -0.734. The summed E-state index contributed by atoms with van der Waals surface area (Å²) >= 11 is 1.74. The Morgan fingerprint density at radius 1 is 1.23 bits per heavy atom. The molecule has 1 aromatic heterocycles. The van der Waals surface area contributed by atoms with Gasteiger partial charge < -0.3 is 9.84 Å². The van der Waals surface area contributed by atoms with Gasteiger partial charge in [0.05, 0.1) is 13.2 Å². The van der Waals surface area contributed by atoms with Crippen LogP contribution in [0.25, 0.3) is 10.1 Å². The van der Waals surface area contributed by atoms with E-state index in [9.17, 15) is 9.90 Å². The van der Waals surface area contributed by atoms with Crippen molar-refractivity contribution < 1.29 is 14.6 Å². The summed E-state index contributed by atoms with van der Waals surface area (Å²) in [6.07, 6.45) is 1.61. The van der Waals surface area contributed by atoms with Gasteiger partial charge in [-0.1, -0.05) is 30.3 Å². The molecule has 0 amide bonds. The molecule has 4 nitrogen and oxygen atoms in total. The fraction of sp³-hybridized carbons (Fsp3) is 0.286. The van der Waals surface area contributed by atoms with Crippen LogP contribution in [0.3, 0.4) is 0 Å². The largest absolute Gasteiger partial charge is 0.497 e. The van der Waals surface area contributed by atoms with Gasteiger partial charge in [-0.15, -0.1) is 11.3 Å². The highest BCUT2D eigenvalue weighted by Gasteiger charge is 2.37. The number of fused-ring (bicyclic) bond motifs is 1. The molecule has 0 spiro atoms. The van der Waals surface area contributed by atoms with E-state index in [0.29, 0.717) is 6.42 Å². The van der Waals surface area contributed by atoms with Gasteiger partial charge in [0, 0.05) is 16.1 Å². The van der Waals surface area contributed by atoms with Crippen LogP contribution in [0.1, 0.15) is 29.3 Å². The summed E-state index contributed by atoms with van der Waals surface area (Å²) in [5, 5.41) is 10.9. The van der Waals surface area contributed by atoms with Crippen molar-refractivity contribution in [2.45, 2.75) is 24.9 Å². The van der Waals surface area contributed by atoms with Crippen molar-refractivity contribution in [3.05, 3.63) is 65.0 Å². The molecule has 5 heteroatoms. The Hall–Kier alpha value is -2.37. The molecule has 1 fully saturated rings. The molecule has 1 saturated heterocycles. The van der Waals surface area contributed by atoms with E-state index < -0.39 is 12.0 Å². The van der Waals surface area contributed by atoms with Crippen LogP contribution in [-0.4, -0.2) is 35.7 Å². The second-order valence-electron chi connectivity index (χ2n) is 6.60. The molecule has 134 valence electrons. The van der Waals surface area contributed by atoms with Crippen molar-refractivity contribution >= 4 is 27.4 Å². The lowest BCUT2D eigenvalue weighted by Gasteiger charge is -2.31. The maximum atomic E-state index is 11.8. The number of methoxy groups -OCH3 is 1. The van der Waals surface area contributed by atoms with Crippen LogP contribution in [0.5, 0.6) is 5.75 Å². The number of carbonyl (C=O) groups is 1. The van der Waals surface area contributed by atoms with Gasteiger partial charge in [-0.05, 0) is 48.1 Å². The minimum absolute atomic E-state index is 0.0538. The standard InChI is InChI=1S/C21H21NO3S/c1-25-16-10-8-14(9-11-16)20(22-12-4-6-17(22)21(23)24)19-13-15-5-2-3-7-18(15)26-19/h2-3,5,7-11,13,17,20H,4,6,12H2,1H3,(H,23,24). The Labute approximate surface area is 156 Å². The first-order valence-electron chi connectivity index (χ1n) is 8.78. The van der Waals surface area contributed by atoms with Crippen LogP contribution in [0.4, 0.5) is 0 Å². The monoisotopic (exact) mass is 367 g/mol. The third kappa shape index (κ3) is 3.08. The molecule has 0 bridgehead atoms. The molecule has 0 saturated carbocycles. The number of hydrogen-bond donors (Lipinski definition) is 1. The summed E-state index contributed by atoms with van der Waals surface area (Å²) in [5.41, 5.74) is 1.10. The molecule has 0 radical (unpaired) electrons. The Bertz CT molecular complexity index is 885. The topological polar surface area (TPSA) is 49.8 Å².